The quantitative estimate of drug-likeness (QED) is 0.792. The Labute approximate surface area is 132 Å². The number of halogens is 1. The van der Waals surface area contributed by atoms with Gasteiger partial charge in [-0.05, 0) is 49.2 Å². The first-order valence-corrected chi connectivity index (χ1v) is 7.32. The van der Waals surface area contributed by atoms with Gasteiger partial charge in [-0.25, -0.2) is 9.18 Å². The van der Waals surface area contributed by atoms with Gasteiger partial charge in [0, 0.05) is 6.42 Å². The van der Waals surface area contributed by atoms with Crippen molar-refractivity contribution in [3.8, 4) is 5.75 Å². The maximum absolute atomic E-state index is 12.8. The number of carbonyl (C=O) groups is 2. The van der Waals surface area contributed by atoms with E-state index in [-0.39, 0.29) is 24.0 Å². The zero-order valence-electron chi connectivity index (χ0n) is 12.3. The van der Waals surface area contributed by atoms with Gasteiger partial charge in [0.05, 0.1) is 0 Å². The molecule has 5 nitrogen and oxygen atoms in total. The molecule has 0 saturated heterocycles. The second kappa shape index (κ2) is 6.64. The molecule has 6 heteroatoms. The fraction of sp³-hybridized carbons (Fsp3) is 0.294. The van der Waals surface area contributed by atoms with Crippen LogP contribution in [0.3, 0.4) is 0 Å². The van der Waals surface area contributed by atoms with E-state index in [1.54, 1.807) is 6.07 Å². The molecule has 1 heterocycles. The maximum Gasteiger partial charge on any atom is 0.374 e. The van der Waals surface area contributed by atoms with Crippen molar-refractivity contribution in [2.45, 2.75) is 32.0 Å². The van der Waals surface area contributed by atoms with Crippen LogP contribution < -0.4 is 4.74 Å². The number of esters is 1. The number of rotatable bonds is 5. The second-order valence-corrected chi connectivity index (χ2v) is 5.26. The Morgan fingerprint density at radius 3 is 2.70 bits per heavy atom. The molecule has 0 unspecified atom stereocenters. The van der Waals surface area contributed by atoms with E-state index in [0.29, 0.717) is 24.4 Å². The lowest BCUT2D eigenvalue weighted by Gasteiger charge is -2.08. The predicted octanol–water partition coefficient (Wildman–Crippen LogP) is 3.28. The molecule has 23 heavy (non-hydrogen) atoms. The molecular formula is C17H15FO5. The van der Waals surface area contributed by atoms with Gasteiger partial charge >= 0.3 is 5.97 Å². The summed E-state index contributed by atoms with van der Waals surface area (Å²) in [6, 6.07) is 8.65. The van der Waals surface area contributed by atoms with E-state index in [1.807, 2.05) is 0 Å². The highest BCUT2D eigenvalue weighted by Crippen LogP contribution is 2.20. The largest absolute Gasteiger partial charge is 0.486 e. The average Bonchev–Trinajstić information content (AvgIpc) is 3.17. The number of ether oxygens (including phenoxy) is 2. The molecule has 1 aromatic heterocycles. The van der Waals surface area contributed by atoms with Crippen molar-refractivity contribution in [2.24, 2.45) is 0 Å². The molecule has 1 saturated carbocycles. The minimum absolute atomic E-state index is 0.0300. The summed E-state index contributed by atoms with van der Waals surface area (Å²) in [7, 11) is 0. The summed E-state index contributed by atoms with van der Waals surface area (Å²) in [6.07, 6.45) is 1.09. The van der Waals surface area contributed by atoms with Gasteiger partial charge < -0.3 is 13.9 Å². The third kappa shape index (κ3) is 3.77. The second-order valence-electron chi connectivity index (χ2n) is 5.26. The summed E-state index contributed by atoms with van der Waals surface area (Å²) >= 11 is 0. The van der Waals surface area contributed by atoms with Crippen LogP contribution in [0.15, 0.2) is 40.8 Å². The first-order chi connectivity index (χ1) is 11.1. The standard InChI is InChI=1S/C17H15FO5/c18-11-4-6-12(7-5-11)21-10-13-8-9-16(22-13)17(20)23-15-3-1-2-14(15)19/h4-9,15H,1-3,10H2/t15-/m0/s1. The van der Waals surface area contributed by atoms with Crippen molar-refractivity contribution in [1.82, 2.24) is 0 Å². The normalized spacial score (nSPS) is 17.3. The Balaban J connectivity index is 1.55. The first kappa shape index (κ1) is 15.3. The summed E-state index contributed by atoms with van der Waals surface area (Å²) in [5.74, 6) is -0.102. The average molecular weight is 318 g/mol. The van der Waals surface area contributed by atoms with Crippen molar-refractivity contribution in [2.75, 3.05) is 0 Å². The van der Waals surface area contributed by atoms with Crippen LogP contribution in [-0.4, -0.2) is 17.9 Å². The number of Topliss-reactive ketones (excluding diaryl/α,β-unsaturated/α-hetero) is 1. The molecule has 1 atom stereocenters. The van der Waals surface area contributed by atoms with Crippen molar-refractivity contribution in [1.29, 1.82) is 0 Å². The van der Waals surface area contributed by atoms with Crippen LogP contribution in [-0.2, 0) is 16.1 Å². The molecule has 1 fully saturated rings. The molecule has 3 rings (SSSR count). The number of hydrogen-bond acceptors (Lipinski definition) is 5. The molecule has 1 aliphatic carbocycles. The number of ketones is 1. The number of furan rings is 1. The fourth-order valence-corrected chi connectivity index (χ4v) is 2.35. The van der Waals surface area contributed by atoms with Gasteiger partial charge in [0.15, 0.2) is 11.9 Å². The molecule has 120 valence electrons. The topological polar surface area (TPSA) is 65.7 Å². The van der Waals surface area contributed by atoms with E-state index >= 15 is 0 Å². The molecule has 0 N–H and O–H groups in total. The zero-order valence-corrected chi connectivity index (χ0v) is 12.3. The predicted molar refractivity (Wildman–Crippen MR) is 77.5 cm³/mol. The van der Waals surface area contributed by atoms with E-state index in [2.05, 4.69) is 0 Å². The monoisotopic (exact) mass is 318 g/mol. The van der Waals surface area contributed by atoms with Crippen LogP contribution in [0.4, 0.5) is 4.39 Å². The lowest BCUT2D eigenvalue weighted by Crippen LogP contribution is -2.21. The third-order valence-corrected chi connectivity index (χ3v) is 3.56. The highest BCUT2D eigenvalue weighted by Gasteiger charge is 2.29. The molecule has 0 aliphatic heterocycles. The van der Waals surface area contributed by atoms with Crippen LogP contribution in [0.25, 0.3) is 0 Å². The van der Waals surface area contributed by atoms with Gasteiger partial charge in [-0.3, -0.25) is 4.79 Å². The van der Waals surface area contributed by atoms with Crippen LogP contribution in [0.2, 0.25) is 0 Å². The zero-order chi connectivity index (χ0) is 16.2. The summed E-state index contributed by atoms with van der Waals surface area (Å²) in [4.78, 5) is 23.4. The Morgan fingerprint density at radius 2 is 2.00 bits per heavy atom. The van der Waals surface area contributed by atoms with Gasteiger partial charge in [0.25, 0.3) is 0 Å². The van der Waals surface area contributed by atoms with E-state index in [1.165, 1.54) is 30.3 Å². The Morgan fingerprint density at radius 1 is 1.22 bits per heavy atom. The lowest BCUT2D eigenvalue weighted by molar-refractivity contribution is -0.124. The van der Waals surface area contributed by atoms with E-state index in [0.717, 1.165) is 6.42 Å². The SMILES string of the molecule is O=C(O[C@H]1CCCC1=O)c1ccc(COc2ccc(F)cc2)o1. The smallest absolute Gasteiger partial charge is 0.374 e. The van der Waals surface area contributed by atoms with Crippen LogP contribution >= 0.6 is 0 Å². The summed E-state index contributed by atoms with van der Waals surface area (Å²) < 4.78 is 28.7. The van der Waals surface area contributed by atoms with E-state index < -0.39 is 12.1 Å². The Hall–Kier alpha value is -2.63. The van der Waals surface area contributed by atoms with E-state index in [9.17, 15) is 14.0 Å². The van der Waals surface area contributed by atoms with E-state index in [4.69, 9.17) is 13.9 Å². The molecule has 1 aromatic carbocycles. The summed E-state index contributed by atoms with van der Waals surface area (Å²) in [6.45, 7) is 0.0985. The van der Waals surface area contributed by atoms with Gasteiger partial charge in [-0.2, -0.15) is 0 Å². The van der Waals surface area contributed by atoms with Gasteiger partial charge in [-0.1, -0.05) is 0 Å². The van der Waals surface area contributed by atoms with Crippen molar-refractivity contribution in [3.05, 3.63) is 53.7 Å². The number of benzene rings is 1. The molecule has 0 spiro atoms. The van der Waals surface area contributed by atoms with Crippen molar-refractivity contribution >= 4 is 11.8 Å². The first-order valence-electron chi connectivity index (χ1n) is 7.32. The highest BCUT2D eigenvalue weighted by atomic mass is 19.1. The Kier molecular flexibility index (Phi) is 4.41. The molecule has 1 aliphatic rings. The number of hydrogen-bond donors (Lipinski definition) is 0. The van der Waals surface area contributed by atoms with Crippen LogP contribution in [0.5, 0.6) is 5.75 Å². The summed E-state index contributed by atoms with van der Waals surface area (Å²) in [5.41, 5.74) is 0. The minimum atomic E-state index is -0.661. The molecule has 0 bridgehead atoms. The van der Waals surface area contributed by atoms with Crippen molar-refractivity contribution < 1.29 is 27.9 Å². The minimum Gasteiger partial charge on any atom is -0.486 e. The lowest BCUT2D eigenvalue weighted by atomic mass is 10.3. The van der Waals surface area contributed by atoms with Crippen molar-refractivity contribution in [3.63, 3.8) is 0 Å². The van der Waals surface area contributed by atoms with Crippen LogP contribution in [0.1, 0.15) is 35.6 Å². The van der Waals surface area contributed by atoms with Gasteiger partial charge in [-0.15, -0.1) is 0 Å². The van der Waals surface area contributed by atoms with Gasteiger partial charge in [0.2, 0.25) is 5.76 Å². The summed E-state index contributed by atoms with van der Waals surface area (Å²) in [5, 5.41) is 0. The maximum atomic E-state index is 12.8. The van der Waals surface area contributed by atoms with Crippen LogP contribution in [0, 0.1) is 5.82 Å². The Bertz CT molecular complexity index is 704. The number of carbonyl (C=O) groups excluding carboxylic acids is 2. The third-order valence-electron chi connectivity index (χ3n) is 3.56. The molecular weight excluding hydrogens is 303 g/mol. The molecule has 0 radical (unpaired) electrons. The highest BCUT2D eigenvalue weighted by molar-refractivity contribution is 5.91. The fourth-order valence-electron chi connectivity index (χ4n) is 2.35. The molecule has 2 aromatic rings. The molecule has 0 amide bonds. The van der Waals surface area contributed by atoms with Gasteiger partial charge in [0.1, 0.15) is 23.9 Å².